The Hall–Kier alpha value is -1.51. The normalized spacial score (nSPS) is 10.7. The van der Waals surface area contributed by atoms with Crippen LogP contribution in [0.2, 0.25) is 0 Å². The van der Waals surface area contributed by atoms with Crippen molar-refractivity contribution in [2.24, 2.45) is 5.73 Å². The molecule has 0 saturated carbocycles. The molecule has 0 amide bonds. The molecule has 0 saturated heterocycles. The highest BCUT2D eigenvalue weighted by molar-refractivity contribution is 7.91. The van der Waals surface area contributed by atoms with Gasteiger partial charge in [-0.2, -0.15) is 0 Å². The number of benzene rings is 1. The first kappa shape index (κ1) is 15.5. The molecule has 104 valence electrons. The van der Waals surface area contributed by atoms with E-state index in [9.17, 15) is 8.42 Å². The highest BCUT2D eigenvalue weighted by atomic mass is 32.2. The molecule has 0 heterocycles. The Morgan fingerprint density at radius 1 is 1.37 bits per heavy atom. The van der Waals surface area contributed by atoms with Gasteiger partial charge in [0.1, 0.15) is 12.4 Å². The molecule has 5 heteroatoms. The van der Waals surface area contributed by atoms with Gasteiger partial charge in [-0.25, -0.2) is 8.42 Å². The fourth-order valence-corrected chi connectivity index (χ4v) is 2.09. The summed E-state index contributed by atoms with van der Waals surface area (Å²) in [6.07, 6.45) is 0. The molecular formula is C14H19NO3S. The van der Waals surface area contributed by atoms with Crippen LogP contribution in [0.4, 0.5) is 0 Å². The summed E-state index contributed by atoms with van der Waals surface area (Å²) < 4.78 is 28.2. The topological polar surface area (TPSA) is 69.4 Å². The second-order valence-corrected chi connectivity index (χ2v) is 6.54. The first-order chi connectivity index (χ1) is 8.98. The molecule has 4 nitrogen and oxygen atoms in total. The zero-order chi connectivity index (χ0) is 14.3. The van der Waals surface area contributed by atoms with Gasteiger partial charge in [-0.1, -0.05) is 18.8 Å². The van der Waals surface area contributed by atoms with Crippen LogP contribution in [-0.2, 0) is 9.84 Å². The zero-order valence-electron chi connectivity index (χ0n) is 11.3. The lowest BCUT2D eigenvalue weighted by Gasteiger charge is -2.09. The van der Waals surface area contributed by atoms with Gasteiger partial charge >= 0.3 is 0 Å². The van der Waals surface area contributed by atoms with Crippen LogP contribution >= 0.6 is 0 Å². The van der Waals surface area contributed by atoms with Crippen LogP contribution in [0.3, 0.4) is 0 Å². The monoisotopic (exact) mass is 281 g/mol. The number of ether oxygens (including phenoxy) is 1. The summed E-state index contributed by atoms with van der Waals surface area (Å²) in [7, 11) is -2.98. The number of rotatable bonds is 5. The zero-order valence-corrected chi connectivity index (χ0v) is 12.1. The molecule has 0 aliphatic heterocycles. The summed E-state index contributed by atoms with van der Waals surface area (Å²) in [6, 6.07) is 5.53. The number of nitrogens with two attached hydrogens (primary N) is 1. The second kappa shape index (κ2) is 7.17. The molecule has 0 bridgehead atoms. The van der Waals surface area contributed by atoms with E-state index >= 15 is 0 Å². The molecule has 0 aliphatic carbocycles. The summed E-state index contributed by atoms with van der Waals surface area (Å²) in [6.45, 7) is 4.03. The highest BCUT2D eigenvalue weighted by Gasteiger charge is 2.08. The van der Waals surface area contributed by atoms with E-state index in [-0.39, 0.29) is 18.1 Å². The molecule has 0 aromatic heterocycles. The molecule has 1 rings (SSSR count). The Balaban J connectivity index is 2.65. The first-order valence-corrected chi connectivity index (χ1v) is 7.93. The highest BCUT2D eigenvalue weighted by Crippen LogP contribution is 2.18. The number of aryl methyl sites for hydroxylation is 1. The van der Waals surface area contributed by atoms with Gasteiger partial charge in [0.25, 0.3) is 0 Å². The average molecular weight is 281 g/mol. The lowest BCUT2D eigenvalue weighted by atomic mass is 10.1. The summed E-state index contributed by atoms with van der Waals surface area (Å²) in [5, 5.41) is 0. The molecule has 0 radical (unpaired) electrons. The minimum atomic E-state index is -2.98. The first-order valence-electron chi connectivity index (χ1n) is 6.11. The molecule has 0 atom stereocenters. The number of hydrogen-bond acceptors (Lipinski definition) is 4. The second-order valence-electron chi connectivity index (χ2n) is 4.07. The number of sulfone groups is 1. The van der Waals surface area contributed by atoms with Crippen molar-refractivity contribution < 1.29 is 13.2 Å². The van der Waals surface area contributed by atoms with Crippen molar-refractivity contribution in [3.8, 4) is 17.6 Å². The van der Waals surface area contributed by atoms with E-state index in [0.29, 0.717) is 12.3 Å². The van der Waals surface area contributed by atoms with Crippen LogP contribution in [0.25, 0.3) is 0 Å². The Kier molecular flexibility index (Phi) is 5.87. The Morgan fingerprint density at radius 3 is 2.68 bits per heavy atom. The number of hydrogen-bond donors (Lipinski definition) is 1. The largest absolute Gasteiger partial charge is 0.492 e. The van der Waals surface area contributed by atoms with E-state index in [1.807, 2.05) is 19.1 Å². The van der Waals surface area contributed by atoms with E-state index < -0.39 is 9.84 Å². The van der Waals surface area contributed by atoms with Crippen LogP contribution in [0, 0.1) is 18.8 Å². The van der Waals surface area contributed by atoms with Crippen LogP contribution < -0.4 is 10.5 Å². The van der Waals surface area contributed by atoms with E-state index in [1.165, 1.54) is 0 Å². The van der Waals surface area contributed by atoms with Gasteiger partial charge in [0.15, 0.2) is 9.84 Å². The Labute approximate surface area is 114 Å². The minimum Gasteiger partial charge on any atom is -0.492 e. The van der Waals surface area contributed by atoms with Crippen molar-refractivity contribution in [3.63, 3.8) is 0 Å². The quantitative estimate of drug-likeness (QED) is 0.821. The van der Waals surface area contributed by atoms with E-state index in [2.05, 4.69) is 11.8 Å². The fourth-order valence-electron chi connectivity index (χ4n) is 1.47. The van der Waals surface area contributed by atoms with Crippen LogP contribution in [0.5, 0.6) is 5.75 Å². The van der Waals surface area contributed by atoms with Crippen molar-refractivity contribution in [1.82, 2.24) is 0 Å². The maximum absolute atomic E-state index is 11.3. The molecule has 1 aromatic carbocycles. The third kappa shape index (κ3) is 5.33. The Bertz CT molecular complexity index is 582. The SMILES string of the molecule is CCS(=O)(=O)CCOc1ccc(C#CCN)cc1C. The van der Waals surface area contributed by atoms with Gasteiger partial charge in [-0.05, 0) is 30.7 Å². The maximum atomic E-state index is 11.3. The van der Waals surface area contributed by atoms with E-state index in [1.54, 1.807) is 13.0 Å². The van der Waals surface area contributed by atoms with Crippen molar-refractivity contribution >= 4 is 9.84 Å². The smallest absolute Gasteiger partial charge is 0.153 e. The van der Waals surface area contributed by atoms with Gasteiger partial charge in [0.2, 0.25) is 0 Å². The van der Waals surface area contributed by atoms with Gasteiger partial charge in [-0.3, -0.25) is 0 Å². The third-order valence-electron chi connectivity index (χ3n) is 2.60. The molecule has 0 unspecified atom stereocenters. The van der Waals surface area contributed by atoms with Crippen LogP contribution in [0.1, 0.15) is 18.1 Å². The van der Waals surface area contributed by atoms with Crippen molar-refractivity contribution in [2.45, 2.75) is 13.8 Å². The molecular weight excluding hydrogens is 262 g/mol. The van der Waals surface area contributed by atoms with Crippen molar-refractivity contribution in [3.05, 3.63) is 29.3 Å². The molecule has 2 N–H and O–H groups in total. The van der Waals surface area contributed by atoms with Gasteiger partial charge in [0.05, 0.1) is 12.3 Å². The fraction of sp³-hybridized carbons (Fsp3) is 0.429. The summed E-state index contributed by atoms with van der Waals surface area (Å²) in [5.74, 6) is 6.58. The lowest BCUT2D eigenvalue weighted by molar-refractivity contribution is 0.338. The lowest BCUT2D eigenvalue weighted by Crippen LogP contribution is -2.15. The summed E-state index contributed by atoms with van der Waals surface area (Å²) in [4.78, 5) is 0. The Morgan fingerprint density at radius 2 is 2.11 bits per heavy atom. The van der Waals surface area contributed by atoms with E-state index in [0.717, 1.165) is 11.1 Å². The van der Waals surface area contributed by atoms with E-state index in [4.69, 9.17) is 10.5 Å². The average Bonchev–Trinajstić information content (AvgIpc) is 2.38. The van der Waals surface area contributed by atoms with Crippen molar-refractivity contribution in [2.75, 3.05) is 24.7 Å². The van der Waals surface area contributed by atoms with Crippen LogP contribution in [-0.4, -0.2) is 33.1 Å². The maximum Gasteiger partial charge on any atom is 0.153 e. The predicted octanol–water partition coefficient (Wildman–Crippen LogP) is 1.12. The minimum absolute atomic E-state index is 0.0394. The summed E-state index contributed by atoms with van der Waals surface area (Å²) >= 11 is 0. The molecule has 1 aromatic rings. The van der Waals surface area contributed by atoms with Crippen LogP contribution in [0.15, 0.2) is 18.2 Å². The predicted molar refractivity (Wildman–Crippen MR) is 76.9 cm³/mol. The molecule has 0 aliphatic rings. The molecule has 19 heavy (non-hydrogen) atoms. The molecule has 0 spiro atoms. The van der Waals surface area contributed by atoms with Crippen molar-refractivity contribution in [1.29, 1.82) is 0 Å². The molecule has 0 fully saturated rings. The van der Waals surface area contributed by atoms with Gasteiger partial charge in [-0.15, -0.1) is 0 Å². The standard InChI is InChI=1S/C14H19NO3S/c1-3-19(16,17)10-9-18-14-7-6-13(5-4-8-15)11-12(14)2/h6-7,11H,3,8-10,15H2,1-2H3. The third-order valence-corrected chi connectivity index (χ3v) is 4.27. The van der Waals surface area contributed by atoms with Gasteiger partial charge < -0.3 is 10.5 Å². The summed E-state index contributed by atoms with van der Waals surface area (Å²) in [5.41, 5.74) is 7.11. The van der Waals surface area contributed by atoms with Gasteiger partial charge in [0, 0.05) is 11.3 Å².